The van der Waals surface area contributed by atoms with Gasteiger partial charge in [0.25, 0.3) is 0 Å². The third-order valence-corrected chi connectivity index (χ3v) is 2.79. The smallest absolute Gasteiger partial charge is 0.212 e. The largest absolute Gasteiger partial charge is 0.439 e. The molecular formula is C11H12ClFN2O. The molecule has 16 heavy (non-hydrogen) atoms. The maximum Gasteiger partial charge on any atom is 0.212 e. The molecule has 5 heteroatoms. The summed E-state index contributed by atoms with van der Waals surface area (Å²) in [6.07, 6.45) is 0.847. The molecule has 1 aromatic heterocycles. The van der Waals surface area contributed by atoms with E-state index in [1.54, 1.807) is 0 Å². The summed E-state index contributed by atoms with van der Waals surface area (Å²) in [4.78, 5) is 4.28. The fourth-order valence-corrected chi connectivity index (χ4v) is 1.75. The van der Waals surface area contributed by atoms with E-state index in [2.05, 4.69) is 10.3 Å². The van der Waals surface area contributed by atoms with Gasteiger partial charge < -0.3 is 9.73 Å². The van der Waals surface area contributed by atoms with Crippen LogP contribution in [-0.4, -0.2) is 12.0 Å². The molecule has 1 unspecified atom stereocenters. The Balaban J connectivity index is 2.51. The molecule has 1 N–H and O–H groups in total. The van der Waals surface area contributed by atoms with Crippen LogP contribution in [0.15, 0.2) is 16.5 Å². The number of nitrogens with zero attached hydrogens (tertiary/aromatic N) is 1. The van der Waals surface area contributed by atoms with E-state index in [0.717, 1.165) is 6.42 Å². The SMILES string of the molecule is CCC(NC)c1nc2cc(Cl)c(F)cc2o1. The van der Waals surface area contributed by atoms with Gasteiger partial charge in [0.05, 0.1) is 11.1 Å². The molecule has 2 aromatic rings. The summed E-state index contributed by atoms with van der Waals surface area (Å²) < 4.78 is 18.7. The number of hydrogen-bond donors (Lipinski definition) is 1. The third kappa shape index (κ3) is 1.90. The Morgan fingerprint density at radius 3 is 2.94 bits per heavy atom. The Bertz CT molecular complexity index is 469. The molecule has 0 aliphatic carbocycles. The zero-order chi connectivity index (χ0) is 11.7. The first-order chi connectivity index (χ1) is 7.65. The van der Waals surface area contributed by atoms with E-state index in [0.29, 0.717) is 17.0 Å². The Kier molecular flexibility index (Phi) is 3.12. The maximum absolute atomic E-state index is 13.2. The van der Waals surface area contributed by atoms with Gasteiger partial charge in [-0.15, -0.1) is 0 Å². The lowest BCUT2D eigenvalue weighted by atomic mass is 10.2. The number of halogens is 2. The Morgan fingerprint density at radius 1 is 1.56 bits per heavy atom. The Labute approximate surface area is 97.6 Å². The average molecular weight is 243 g/mol. The lowest BCUT2D eigenvalue weighted by Crippen LogP contribution is -2.15. The van der Waals surface area contributed by atoms with Gasteiger partial charge in [0.1, 0.15) is 11.3 Å². The van der Waals surface area contributed by atoms with Crippen LogP contribution < -0.4 is 5.32 Å². The number of nitrogens with one attached hydrogen (secondary N) is 1. The molecule has 0 aliphatic rings. The van der Waals surface area contributed by atoms with Crippen LogP contribution in [0.1, 0.15) is 25.3 Å². The summed E-state index contributed by atoms with van der Waals surface area (Å²) in [5.41, 5.74) is 1.00. The highest BCUT2D eigenvalue weighted by Crippen LogP contribution is 2.26. The number of oxazole rings is 1. The summed E-state index contributed by atoms with van der Waals surface area (Å²) in [7, 11) is 1.83. The molecule has 2 rings (SSSR count). The standard InChI is InChI=1S/C11H12ClFN2O/c1-3-8(14-2)11-15-9-4-6(12)7(13)5-10(9)16-11/h4-5,8,14H,3H2,1-2H3. The zero-order valence-electron chi connectivity index (χ0n) is 9.05. The summed E-state index contributed by atoms with van der Waals surface area (Å²) in [5, 5.41) is 3.14. The number of fused-ring (bicyclic) bond motifs is 1. The predicted molar refractivity (Wildman–Crippen MR) is 61.1 cm³/mol. The van der Waals surface area contributed by atoms with Crippen molar-refractivity contribution in [1.29, 1.82) is 0 Å². The van der Waals surface area contributed by atoms with Crippen molar-refractivity contribution in [2.45, 2.75) is 19.4 Å². The maximum atomic E-state index is 13.2. The number of aromatic nitrogens is 1. The summed E-state index contributed by atoms with van der Waals surface area (Å²) in [6.45, 7) is 2.02. The highest BCUT2D eigenvalue weighted by atomic mass is 35.5. The summed E-state index contributed by atoms with van der Waals surface area (Å²) in [5.74, 6) is 0.0658. The van der Waals surface area contributed by atoms with Crippen LogP contribution in [0.4, 0.5) is 4.39 Å². The fraction of sp³-hybridized carbons (Fsp3) is 0.364. The third-order valence-electron chi connectivity index (χ3n) is 2.50. The monoisotopic (exact) mass is 242 g/mol. The van der Waals surface area contributed by atoms with Gasteiger partial charge >= 0.3 is 0 Å². The molecule has 0 spiro atoms. The summed E-state index contributed by atoms with van der Waals surface area (Å²) >= 11 is 5.67. The highest BCUT2D eigenvalue weighted by molar-refractivity contribution is 6.31. The molecule has 0 radical (unpaired) electrons. The van der Waals surface area contributed by atoms with E-state index in [1.165, 1.54) is 12.1 Å². The minimum Gasteiger partial charge on any atom is -0.439 e. The van der Waals surface area contributed by atoms with Gasteiger partial charge in [-0.3, -0.25) is 0 Å². The first kappa shape index (κ1) is 11.4. The van der Waals surface area contributed by atoms with Gasteiger partial charge in [-0.25, -0.2) is 9.37 Å². The van der Waals surface area contributed by atoms with Crippen molar-refractivity contribution >= 4 is 22.7 Å². The van der Waals surface area contributed by atoms with Crippen LogP contribution in [0, 0.1) is 5.82 Å². The van der Waals surface area contributed by atoms with Crippen molar-refractivity contribution in [3.05, 3.63) is 28.9 Å². The van der Waals surface area contributed by atoms with E-state index >= 15 is 0 Å². The topological polar surface area (TPSA) is 38.1 Å². The van der Waals surface area contributed by atoms with Gasteiger partial charge in [-0.2, -0.15) is 0 Å². The molecule has 1 heterocycles. The van der Waals surface area contributed by atoms with E-state index in [9.17, 15) is 4.39 Å². The van der Waals surface area contributed by atoms with Crippen molar-refractivity contribution in [3.8, 4) is 0 Å². The predicted octanol–water partition coefficient (Wildman–Crippen LogP) is 3.29. The first-order valence-corrected chi connectivity index (χ1v) is 5.46. The van der Waals surface area contributed by atoms with Crippen LogP contribution in [0.3, 0.4) is 0 Å². The highest BCUT2D eigenvalue weighted by Gasteiger charge is 2.15. The lowest BCUT2D eigenvalue weighted by molar-refractivity contribution is 0.426. The zero-order valence-corrected chi connectivity index (χ0v) is 9.81. The van der Waals surface area contributed by atoms with Crippen LogP contribution in [0.25, 0.3) is 11.1 Å². The van der Waals surface area contributed by atoms with Gasteiger partial charge in [-0.05, 0) is 19.5 Å². The first-order valence-electron chi connectivity index (χ1n) is 5.08. The molecule has 0 amide bonds. The minimum absolute atomic E-state index is 0.0363. The Morgan fingerprint density at radius 2 is 2.31 bits per heavy atom. The van der Waals surface area contributed by atoms with Gasteiger partial charge in [0, 0.05) is 6.07 Å². The normalized spacial score (nSPS) is 13.2. The van der Waals surface area contributed by atoms with Crippen molar-refractivity contribution in [2.75, 3.05) is 7.05 Å². The molecule has 1 aromatic carbocycles. The molecule has 0 saturated heterocycles. The van der Waals surface area contributed by atoms with Crippen LogP contribution in [0.5, 0.6) is 0 Å². The van der Waals surface area contributed by atoms with E-state index in [-0.39, 0.29) is 11.1 Å². The van der Waals surface area contributed by atoms with Crippen molar-refractivity contribution in [3.63, 3.8) is 0 Å². The molecule has 0 fully saturated rings. The number of hydrogen-bond acceptors (Lipinski definition) is 3. The second-order valence-electron chi connectivity index (χ2n) is 3.54. The van der Waals surface area contributed by atoms with Crippen LogP contribution in [0.2, 0.25) is 5.02 Å². The summed E-state index contributed by atoms with van der Waals surface area (Å²) in [6, 6.07) is 2.77. The molecule has 1 atom stereocenters. The van der Waals surface area contributed by atoms with Crippen molar-refractivity contribution in [2.24, 2.45) is 0 Å². The average Bonchev–Trinajstić information content (AvgIpc) is 2.63. The lowest BCUT2D eigenvalue weighted by Gasteiger charge is -2.07. The number of rotatable bonds is 3. The molecule has 0 saturated carbocycles. The molecule has 0 aliphatic heterocycles. The van der Waals surface area contributed by atoms with E-state index in [1.807, 2.05) is 14.0 Å². The van der Waals surface area contributed by atoms with Crippen molar-refractivity contribution in [1.82, 2.24) is 10.3 Å². The van der Waals surface area contributed by atoms with Gasteiger partial charge in [0.2, 0.25) is 5.89 Å². The minimum atomic E-state index is -0.491. The van der Waals surface area contributed by atoms with Crippen LogP contribution in [-0.2, 0) is 0 Å². The Hall–Kier alpha value is -1.13. The molecule has 86 valence electrons. The second-order valence-corrected chi connectivity index (χ2v) is 3.94. The van der Waals surface area contributed by atoms with Crippen LogP contribution >= 0.6 is 11.6 Å². The molecular weight excluding hydrogens is 231 g/mol. The quantitative estimate of drug-likeness (QED) is 0.898. The van der Waals surface area contributed by atoms with E-state index in [4.69, 9.17) is 16.0 Å². The number of benzene rings is 1. The van der Waals surface area contributed by atoms with Gasteiger partial charge in [-0.1, -0.05) is 18.5 Å². The van der Waals surface area contributed by atoms with Gasteiger partial charge in [0.15, 0.2) is 5.58 Å². The molecule has 0 bridgehead atoms. The fourth-order valence-electron chi connectivity index (χ4n) is 1.59. The second kappa shape index (κ2) is 4.39. The van der Waals surface area contributed by atoms with Crippen molar-refractivity contribution < 1.29 is 8.81 Å². The molecule has 3 nitrogen and oxygen atoms in total. The van der Waals surface area contributed by atoms with E-state index < -0.39 is 5.82 Å².